The van der Waals surface area contributed by atoms with E-state index in [-0.39, 0.29) is 23.0 Å². The predicted molar refractivity (Wildman–Crippen MR) is 114 cm³/mol. The summed E-state index contributed by atoms with van der Waals surface area (Å²) in [6.45, 7) is 3.80. The second kappa shape index (κ2) is 9.85. The van der Waals surface area contributed by atoms with E-state index in [1.165, 1.54) is 6.08 Å². The topological polar surface area (TPSA) is 70.2 Å². The molecular weight excluding hydrogens is 382 g/mol. The van der Waals surface area contributed by atoms with E-state index in [2.05, 4.69) is 16.0 Å². The molecule has 0 aromatic heterocycles. The first-order chi connectivity index (χ1) is 12.8. The number of thiocarbonyl (C=S) groups is 1. The second-order valence-electron chi connectivity index (χ2n) is 6.03. The molecular formula is C20H20ClN3O2S. The lowest BCUT2D eigenvalue weighted by Crippen LogP contribution is -2.33. The van der Waals surface area contributed by atoms with Gasteiger partial charge in [0.1, 0.15) is 0 Å². The van der Waals surface area contributed by atoms with E-state index in [0.717, 1.165) is 5.56 Å². The van der Waals surface area contributed by atoms with Crippen molar-refractivity contribution >= 4 is 52.5 Å². The van der Waals surface area contributed by atoms with Crippen molar-refractivity contribution in [2.75, 3.05) is 5.32 Å². The van der Waals surface area contributed by atoms with Gasteiger partial charge in [-0.25, -0.2) is 0 Å². The van der Waals surface area contributed by atoms with Crippen LogP contribution in [0.4, 0.5) is 5.69 Å². The molecule has 2 amide bonds. The van der Waals surface area contributed by atoms with Crippen LogP contribution in [0, 0.1) is 0 Å². The number of hydrogen-bond acceptors (Lipinski definition) is 3. The average molecular weight is 402 g/mol. The van der Waals surface area contributed by atoms with Gasteiger partial charge in [-0.1, -0.05) is 23.7 Å². The highest BCUT2D eigenvalue weighted by Crippen LogP contribution is 2.11. The summed E-state index contributed by atoms with van der Waals surface area (Å²) >= 11 is 10.9. The van der Waals surface area contributed by atoms with Gasteiger partial charge < -0.3 is 10.6 Å². The van der Waals surface area contributed by atoms with Crippen LogP contribution in [0.3, 0.4) is 0 Å². The molecule has 0 spiro atoms. The van der Waals surface area contributed by atoms with Crippen molar-refractivity contribution in [2.24, 2.45) is 0 Å². The Morgan fingerprint density at radius 2 is 1.67 bits per heavy atom. The quantitative estimate of drug-likeness (QED) is 0.523. The molecule has 0 fully saturated rings. The van der Waals surface area contributed by atoms with Crippen molar-refractivity contribution in [3.05, 3.63) is 70.8 Å². The minimum Gasteiger partial charge on any atom is -0.350 e. The van der Waals surface area contributed by atoms with Crippen LogP contribution >= 0.6 is 23.8 Å². The molecule has 0 aliphatic carbocycles. The van der Waals surface area contributed by atoms with Crippen molar-refractivity contribution in [1.82, 2.24) is 10.6 Å². The summed E-state index contributed by atoms with van der Waals surface area (Å²) in [4.78, 5) is 23.8. The van der Waals surface area contributed by atoms with Crippen LogP contribution in [0.15, 0.2) is 54.6 Å². The number of amides is 2. The van der Waals surface area contributed by atoms with Crippen LogP contribution in [0.5, 0.6) is 0 Å². The van der Waals surface area contributed by atoms with Gasteiger partial charge >= 0.3 is 0 Å². The van der Waals surface area contributed by atoms with Crippen molar-refractivity contribution in [2.45, 2.75) is 19.9 Å². The maximum Gasteiger partial charge on any atom is 0.251 e. The molecule has 0 unspecified atom stereocenters. The molecule has 0 bridgehead atoms. The van der Waals surface area contributed by atoms with E-state index in [4.69, 9.17) is 23.8 Å². The summed E-state index contributed by atoms with van der Waals surface area (Å²) in [5.41, 5.74) is 2.07. The van der Waals surface area contributed by atoms with Gasteiger partial charge in [-0.15, -0.1) is 0 Å². The van der Waals surface area contributed by atoms with Gasteiger partial charge in [0.2, 0.25) is 5.91 Å². The fraction of sp³-hybridized carbons (Fsp3) is 0.150. The zero-order chi connectivity index (χ0) is 19.8. The first-order valence-electron chi connectivity index (χ1n) is 8.30. The molecule has 0 atom stereocenters. The lowest BCUT2D eigenvalue weighted by atomic mass is 10.2. The fourth-order valence-corrected chi connectivity index (χ4v) is 2.46. The molecule has 0 saturated carbocycles. The normalized spacial score (nSPS) is 10.7. The average Bonchev–Trinajstić information content (AvgIpc) is 2.61. The SMILES string of the molecule is CC(C)NC(=O)c1ccc(NC(=S)NC(=O)/C=C/c2ccc(Cl)cc2)cc1. The third-order valence-corrected chi connectivity index (χ3v) is 3.81. The largest absolute Gasteiger partial charge is 0.350 e. The number of hydrogen-bond donors (Lipinski definition) is 3. The molecule has 7 heteroatoms. The number of carbonyl (C=O) groups is 2. The molecule has 2 aromatic rings. The number of anilines is 1. The van der Waals surface area contributed by atoms with Gasteiger partial charge in [0.25, 0.3) is 5.91 Å². The summed E-state index contributed by atoms with van der Waals surface area (Å²) in [5.74, 6) is -0.491. The number of nitrogens with one attached hydrogen (secondary N) is 3. The molecule has 0 aliphatic heterocycles. The van der Waals surface area contributed by atoms with Crippen LogP contribution < -0.4 is 16.0 Å². The van der Waals surface area contributed by atoms with Crippen LogP contribution in [0.1, 0.15) is 29.8 Å². The Kier molecular flexibility index (Phi) is 7.52. The Labute approximate surface area is 168 Å². The van der Waals surface area contributed by atoms with E-state index < -0.39 is 0 Å². The molecule has 0 radical (unpaired) electrons. The molecule has 2 aromatic carbocycles. The van der Waals surface area contributed by atoms with Gasteiger partial charge in [0, 0.05) is 28.4 Å². The fourth-order valence-electron chi connectivity index (χ4n) is 2.11. The van der Waals surface area contributed by atoms with Gasteiger partial charge in [0.15, 0.2) is 5.11 Å². The molecule has 0 aliphatic rings. The van der Waals surface area contributed by atoms with Crippen LogP contribution in [0.25, 0.3) is 6.08 Å². The maximum absolute atomic E-state index is 11.9. The Hall–Kier alpha value is -2.70. The van der Waals surface area contributed by atoms with E-state index in [0.29, 0.717) is 16.3 Å². The number of carbonyl (C=O) groups excluding carboxylic acids is 2. The molecule has 0 saturated heterocycles. The third-order valence-electron chi connectivity index (χ3n) is 3.36. The van der Waals surface area contributed by atoms with E-state index in [9.17, 15) is 9.59 Å². The van der Waals surface area contributed by atoms with Crippen LogP contribution in [0.2, 0.25) is 5.02 Å². The number of benzene rings is 2. The standard InChI is InChI=1S/C20H20ClN3O2S/c1-13(2)22-19(26)15-6-10-17(11-7-15)23-20(27)24-18(25)12-5-14-3-8-16(21)9-4-14/h3-13H,1-2H3,(H,22,26)(H2,23,24,25,27)/b12-5+. The molecule has 0 heterocycles. The first kappa shape index (κ1) is 20.6. The van der Waals surface area contributed by atoms with Gasteiger partial charge in [-0.05, 0) is 74.1 Å². The van der Waals surface area contributed by atoms with Crippen molar-refractivity contribution in [3.63, 3.8) is 0 Å². The third kappa shape index (κ3) is 7.21. The monoisotopic (exact) mass is 401 g/mol. The number of halogens is 1. The summed E-state index contributed by atoms with van der Waals surface area (Å²) in [7, 11) is 0. The summed E-state index contributed by atoms with van der Waals surface area (Å²) < 4.78 is 0. The molecule has 5 nitrogen and oxygen atoms in total. The summed E-state index contributed by atoms with van der Waals surface area (Å²) in [5, 5.41) is 9.08. The smallest absolute Gasteiger partial charge is 0.251 e. The highest BCUT2D eigenvalue weighted by Gasteiger charge is 2.07. The molecule has 3 N–H and O–H groups in total. The van der Waals surface area contributed by atoms with E-state index in [1.807, 2.05) is 13.8 Å². The molecule has 140 valence electrons. The Bertz CT molecular complexity index is 847. The predicted octanol–water partition coefficient (Wildman–Crippen LogP) is 4.00. The second-order valence-corrected chi connectivity index (χ2v) is 6.88. The molecule has 27 heavy (non-hydrogen) atoms. The zero-order valence-electron chi connectivity index (χ0n) is 15.0. The summed E-state index contributed by atoms with van der Waals surface area (Å²) in [6.07, 6.45) is 3.05. The first-order valence-corrected chi connectivity index (χ1v) is 9.08. The number of rotatable bonds is 5. The Balaban J connectivity index is 1.86. The minimum absolute atomic E-state index is 0.0685. The summed E-state index contributed by atoms with van der Waals surface area (Å²) in [6, 6.07) is 14.0. The van der Waals surface area contributed by atoms with Crippen molar-refractivity contribution < 1.29 is 9.59 Å². The van der Waals surface area contributed by atoms with Crippen molar-refractivity contribution in [1.29, 1.82) is 0 Å². The minimum atomic E-state index is -0.351. The van der Waals surface area contributed by atoms with E-state index >= 15 is 0 Å². The van der Waals surface area contributed by atoms with Gasteiger partial charge in [-0.3, -0.25) is 14.9 Å². The lowest BCUT2D eigenvalue weighted by molar-refractivity contribution is -0.115. The maximum atomic E-state index is 11.9. The Morgan fingerprint density at radius 1 is 1.04 bits per heavy atom. The van der Waals surface area contributed by atoms with E-state index in [1.54, 1.807) is 54.6 Å². The van der Waals surface area contributed by atoms with Gasteiger partial charge in [0.05, 0.1) is 0 Å². The molecule has 2 rings (SSSR count). The van der Waals surface area contributed by atoms with Crippen molar-refractivity contribution in [3.8, 4) is 0 Å². The Morgan fingerprint density at radius 3 is 2.26 bits per heavy atom. The van der Waals surface area contributed by atoms with Gasteiger partial charge in [-0.2, -0.15) is 0 Å². The lowest BCUT2D eigenvalue weighted by Gasteiger charge is -2.10. The highest BCUT2D eigenvalue weighted by molar-refractivity contribution is 7.80. The van der Waals surface area contributed by atoms with Crippen LogP contribution in [-0.4, -0.2) is 23.0 Å². The zero-order valence-corrected chi connectivity index (χ0v) is 16.5. The van der Waals surface area contributed by atoms with Crippen LogP contribution in [-0.2, 0) is 4.79 Å². The highest BCUT2D eigenvalue weighted by atomic mass is 35.5.